The second kappa shape index (κ2) is 5.51. The molecule has 0 aliphatic rings. The van der Waals surface area contributed by atoms with E-state index in [-0.39, 0.29) is 16.7 Å². The molecule has 2 aromatic carbocycles. The van der Waals surface area contributed by atoms with E-state index in [0.717, 1.165) is 5.56 Å². The molecule has 0 heterocycles. The molecule has 0 atom stereocenters. The van der Waals surface area contributed by atoms with Gasteiger partial charge in [0.15, 0.2) is 0 Å². The van der Waals surface area contributed by atoms with Gasteiger partial charge in [-0.2, -0.15) is 0 Å². The van der Waals surface area contributed by atoms with Crippen molar-refractivity contribution >= 4 is 34.8 Å². The van der Waals surface area contributed by atoms with Gasteiger partial charge >= 0.3 is 0 Å². The van der Waals surface area contributed by atoms with Gasteiger partial charge in [0, 0.05) is 5.69 Å². The lowest BCUT2D eigenvalue weighted by Gasteiger charge is -2.10. The molecule has 0 aliphatic heterocycles. The van der Waals surface area contributed by atoms with Gasteiger partial charge in [-0.1, -0.05) is 29.3 Å². The summed E-state index contributed by atoms with van der Waals surface area (Å²) in [4.78, 5) is 12.1. The molecule has 0 fully saturated rings. The molecule has 5 heteroatoms. The Kier molecular flexibility index (Phi) is 3.98. The Balaban J connectivity index is 2.28. The summed E-state index contributed by atoms with van der Waals surface area (Å²) >= 11 is 11.9. The van der Waals surface area contributed by atoms with Crippen molar-refractivity contribution in [2.75, 3.05) is 5.32 Å². The molecule has 0 radical (unpaired) electrons. The molecular formula is C14H11Cl2NO2. The Bertz CT molecular complexity index is 641. The number of amides is 1. The van der Waals surface area contributed by atoms with Crippen molar-refractivity contribution in [3.05, 3.63) is 57.6 Å². The highest BCUT2D eigenvalue weighted by Crippen LogP contribution is 2.27. The van der Waals surface area contributed by atoms with Crippen molar-refractivity contribution in [3.8, 4) is 5.75 Å². The summed E-state index contributed by atoms with van der Waals surface area (Å²) in [5.74, 6) is -0.197. The van der Waals surface area contributed by atoms with Crippen molar-refractivity contribution < 1.29 is 9.90 Å². The summed E-state index contributed by atoms with van der Waals surface area (Å²) in [6.07, 6.45) is 0. The third kappa shape index (κ3) is 3.00. The van der Waals surface area contributed by atoms with Crippen LogP contribution in [0.2, 0.25) is 10.0 Å². The predicted molar refractivity (Wildman–Crippen MR) is 77.3 cm³/mol. The minimum absolute atomic E-state index is 0.149. The highest BCUT2D eigenvalue weighted by Gasteiger charge is 2.13. The van der Waals surface area contributed by atoms with E-state index in [1.165, 1.54) is 6.07 Å². The fourth-order valence-electron chi connectivity index (χ4n) is 1.66. The van der Waals surface area contributed by atoms with Crippen LogP contribution in [0.15, 0.2) is 36.4 Å². The molecule has 0 bridgehead atoms. The van der Waals surface area contributed by atoms with Crippen LogP contribution in [0, 0.1) is 6.92 Å². The second-order valence-electron chi connectivity index (χ2n) is 4.05. The normalized spacial score (nSPS) is 10.3. The average molecular weight is 296 g/mol. The zero-order valence-electron chi connectivity index (χ0n) is 10.1. The SMILES string of the molecule is Cc1cc(O)ccc1NC(=O)c1cccc(Cl)c1Cl. The van der Waals surface area contributed by atoms with Crippen LogP contribution in [0.5, 0.6) is 5.75 Å². The van der Waals surface area contributed by atoms with Crippen LogP contribution >= 0.6 is 23.2 Å². The number of phenolic OH excluding ortho intramolecular Hbond substituents is 1. The van der Waals surface area contributed by atoms with E-state index >= 15 is 0 Å². The van der Waals surface area contributed by atoms with Gasteiger partial charge in [0.25, 0.3) is 5.91 Å². The van der Waals surface area contributed by atoms with E-state index in [2.05, 4.69) is 5.32 Å². The quantitative estimate of drug-likeness (QED) is 0.813. The molecular weight excluding hydrogens is 285 g/mol. The number of phenols is 1. The predicted octanol–water partition coefficient (Wildman–Crippen LogP) is 4.26. The molecule has 98 valence electrons. The first-order valence-corrected chi connectivity index (χ1v) is 6.29. The highest BCUT2D eigenvalue weighted by molar-refractivity contribution is 6.44. The first-order chi connectivity index (χ1) is 8.99. The number of nitrogens with one attached hydrogen (secondary N) is 1. The van der Waals surface area contributed by atoms with Crippen LogP contribution in [0.4, 0.5) is 5.69 Å². The third-order valence-corrected chi connectivity index (χ3v) is 3.47. The molecule has 2 N–H and O–H groups in total. The van der Waals surface area contributed by atoms with Gasteiger partial charge in [-0.15, -0.1) is 0 Å². The number of aryl methyl sites for hydroxylation is 1. The highest BCUT2D eigenvalue weighted by atomic mass is 35.5. The van der Waals surface area contributed by atoms with E-state index in [9.17, 15) is 9.90 Å². The van der Waals surface area contributed by atoms with Crippen molar-refractivity contribution in [1.82, 2.24) is 0 Å². The Labute approximate surface area is 120 Å². The van der Waals surface area contributed by atoms with Crippen molar-refractivity contribution in [1.29, 1.82) is 0 Å². The lowest BCUT2D eigenvalue weighted by atomic mass is 10.1. The van der Waals surface area contributed by atoms with Gasteiger partial charge in [-0.05, 0) is 42.8 Å². The maximum atomic E-state index is 12.1. The number of halogens is 2. The van der Waals surface area contributed by atoms with Crippen LogP contribution < -0.4 is 5.32 Å². The average Bonchev–Trinajstić information content (AvgIpc) is 2.36. The van der Waals surface area contributed by atoms with E-state index in [0.29, 0.717) is 16.3 Å². The molecule has 0 saturated carbocycles. The van der Waals surface area contributed by atoms with E-state index in [1.807, 2.05) is 0 Å². The molecule has 0 unspecified atom stereocenters. The zero-order chi connectivity index (χ0) is 14.0. The number of anilines is 1. The molecule has 2 rings (SSSR count). The van der Waals surface area contributed by atoms with E-state index in [1.54, 1.807) is 37.3 Å². The number of hydrogen-bond donors (Lipinski definition) is 2. The molecule has 0 saturated heterocycles. The van der Waals surface area contributed by atoms with Gasteiger partial charge < -0.3 is 10.4 Å². The largest absolute Gasteiger partial charge is 0.508 e. The van der Waals surface area contributed by atoms with Gasteiger partial charge in [0.1, 0.15) is 5.75 Å². The summed E-state index contributed by atoms with van der Waals surface area (Å²) < 4.78 is 0. The first-order valence-electron chi connectivity index (χ1n) is 5.54. The Morgan fingerprint density at radius 1 is 1.21 bits per heavy atom. The zero-order valence-corrected chi connectivity index (χ0v) is 11.6. The van der Waals surface area contributed by atoms with E-state index < -0.39 is 0 Å². The summed E-state index contributed by atoms with van der Waals surface area (Å²) in [6, 6.07) is 9.57. The Hall–Kier alpha value is -1.71. The van der Waals surface area contributed by atoms with Gasteiger partial charge in [-0.3, -0.25) is 4.79 Å². The fourth-order valence-corrected chi connectivity index (χ4v) is 2.04. The van der Waals surface area contributed by atoms with Crippen molar-refractivity contribution in [2.24, 2.45) is 0 Å². The number of carbonyl (C=O) groups is 1. The molecule has 19 heavy (non-hydrogen) atoms. The van der Waals surface area contributed by atoms with Crippen LogP contribution in [0.25, 0.3) is 0 Å². The van der Waals surface area contributed by atoms with Crippen LogP contribution in [-0.4, -0.2) is 11.0 Å². The molecule has 1 amide bonds. The molecule has 0 aromatic heterocycles. The first kappa shape index (κ1) is 13.7. The lowest BCUT2D eigenvalue weighted by Crippen LogP contribution is -2.13. The summed E-state index contributed by atoms with van der Waals surface area (Å²) in [7, 11) is 0. The summed E-state index contributed by atoms with van der Waals surface area (Å²) in [5.41, 5.74) is 1.67. The number of aromatic hydroxyl groups is 1. The molecule has 3 nitrogen and oxygen atoms in total. The molecule has 0 spiro atoms. The van der Waals surface area contributed by atoms with Gasteiger partial charge in [0.05, 0.1) is 15.6 Å². The smallest absolute Gasteiger partial charge is 0.257 e. The third-order valence-electron chi connectivity index (χ3n) is 2.65. The van der Waals surface area contributed by atoms with Gasteiger partial charge in [0.2, 0.25) is 0 Å². The molecule has 2 aromatic rings. The minimum atomic E-state index is -0.346. The topological polar surface area (TPSA) is 49.3 Å². The van der Waals surface area contributed by atoms with Crippen LogP contribution in [0.1, 0.15) is 15.9 Å². The summed E-state index contributed by atoms with van der Waals surface area (Å²) in [5, 5.41) is 12.6. The number of hydrogen-bond acceptors (Lipinski definition) is 2. The van der Waals surface area contributed by atoms with E-state index in [4.69, 9.17) is 23.2 Å². The number of carbonyl (C=O) groups excluding carboxylic acids is 1. The second-order valence-corrected chi connectivity index (χ2v) is 4.84. The van der Waals surface area contributed by atoms with Crippen molar-refractivity contribution in [2.45, 2.75) is 6.92 Å². The molecule has 0 aliphatic carbocycles. The van der Waals surface area contributed by atoms with Crippen LogP contribution in [0.3, 0.4) is 0 Å². The summed E-state index contributed by atoms with van der Waals surface area (Å²) in [6.45, 7) is 1.79. The maximum absolute atomic E-state index is 12.1. The number of benzene rings is 2. The fraction of sp³-hybridized carbons (Fsp3) is 0.0714. The maximum Gasteiger partial charge on any atom is 0.257 e. The van der Waals surface area contributed by atoms with Crippen LogP contribution in [-0.2, 0) is 0 Å². The minimum Gasteiger partial charge on any atom is -0.508 e. The monoisotopic (exact) mass is 295 g/mol. The number of rotatable bonds is 2. The standard InChI is InChI=1S/C14H11Cl2NO2/c1-8-7-9(18)5-6-12(8)17-14(19)10-3-2-4-11(15)13(10)16/h2-7,18H,1H3,(H,17,19). The van der Waals surface area contributed by atoms with Gasteiger partial charge in [-0.25, -0.2) is 0 Å². The Morgan fingerprint density at radius 3 is 2.63 bits per heavy atom. The lowest BCUT2D eigenvalue weighted by molar-refractivity contribution is 0.102. The Morgan fingerprint density at radius 2 is 1.95 bits per heavy atom. The van der Waals surface area contributed by atoms with Crippen molar-refractivity contribution in [3.63, 3.8) is 0 Å².